The molecule has 0 bridgehead atoms. The Hall–Kier alpha value is -2.05. The number of hydrogen-bond acceptors (Lipinski definition) is 6. The van der Waals surface area contributed by atoms with Crippen molar-refractivity contribution in [2.75, 3.05) is 13.7 Å². The maximum Gasteiger partial charge on any atom is 0.340 e. The quantitative estimate of drug-likeness (QED) is 0.845. The van der Waals surface area contributed by atoms with Gasteiger partial charge in [-0.05, 0) is 24.1 Å². The molecule has 0 saturated heterocycles. The van der Waals surface area contributed by atoms with Crippen LogP contribution in [0.5, 0.6) is 0 Å². The van der Waals surface area contributed by atoms with Crippen LogP contribution in [0.2, 0.25) is 0 Å². The molecule has 0 radical (unpaired) electrons. The number of hydrogen-bond donors (Lipinski definition) is 1. The number of rotatable bonds is 2. The number of aromatic nitrogens is 3. The van der Waals surface area contributed by atoms with Gasteiger partial charge >= 0.3 is 5.97 Å². The van der Waals surface area contributed by atoms with Gasteiger partial charge in [0.25, 0.3) is 0 Å². The lowest BCUT2D eigenvalue weighted by Gasteiger charge is -2.21. The normalized spacial score (nSPS) is 13.0. The number of carbonyl (C=O) groups excluding carboxylic acids is 1. The summed E-state index contributed by atoms with van der Waals surface area (Å²) in [5.74, 6) is -0.366. The highest BCUT2D eigenvalue weighted by Gasteiger charge is 2.24. The predicted molar refractivity (Wildman–Crippen MR) is 79.3 cm³/mol. The summed E-state index contributed by atoms with van der Waals surface area (Å²) in [6.45, 7) is 1.56. The molecule has 0 spiro atoms. The van der Waals surface area contributed by atoms with Crippen LogP contribution >= 0.6 is 12.4 Å². The van der Waals surface area contributed by atoms with E-state index in [-0.39, 0.29) is 18.4 Å². The van der Waals surface area contributed by atoms with Crippen LogP contribution in [-0.2, 0) is 17.7 Å². The number of carbonyl (C=O) groups is 1. The average molecular weight is 307 g/mol. The van der Waals surface area contributed by atoms with Gasteiger partial charge in [-0.3, -0.25) is 4.98 Å². The Bertz CT molecular complexity index is 649. The highest BCUT2D eigenvalue weighted by molar-refractivity contribution is 5.98. The Morgan fingerprint density at radius 2 is 2.05 bits per heavy atom. The third-order valence-corrected chi connectivity index (χ3v) is 3.37. The number of esters is 1. The first kappa shape index (κ1) is 15.3. The van der Waals surface area contributed by atoms with E-state index in [0.29, 0.717) is 16.8 Å². The molecule has 0 aromatic carbocycles. The first-order valence-corrected chi connectivity index (χ1v) is 6.36. The Morgan fingerprint density at radius 1 is 1.29 bits per heavy atom. The van der Waals surface area contributed by atoms with Gasteiger partial charge in [-0.15, -0.1) is 12.4 Å². The highest BCUT2D eigenvalue weighted by atomic mass is 35.5. The van der Waals surface area contributed by atoms with Gasteiger partial charge in [0.1, 0.15) is 6.33 Å². The molecule has 1 N–H and O–H groups in total. The number of nitrogens with one attached hydrogen (secondary N) is 1. The Kier molecular flexibility index (Phi) is 4.82. The van der Waals surface area contributed by atoms with Crippen molar-refractivity contribution in [2.45, 2.75) is 13.0 Å². The zero-order valence-electron chi connectivity index (χ0n) is 11.5. The second-order valence-corrected chi connectivity index (χ2v) is 4.53. The highest BCUT2D eigenvalue weighted by Crippen LogP contribution is 2.27. The summed E-state index contributed by atoms with van der Waals surface area (Å²) in [4.78, 5) is 24.5. The molecule has 0 fully saturated rings. The first-order valence-electron chi connectivity index (χ1n) is 6.36. The molecule has 1 aliphatic heterocycles. The summed E-state index contributed by atoms with van der Waals surface area (Å²) in [6.07, 6.45) is 7.33. The van der Waals surface area contributed by atoms with Crippen LogP contribution in [0.1, 0.15) is 21.5 Å². The molecule has 0 atom stereocenters. The van der Waals surface area contributed by atoms with E-state index in [2.05, 4.69) is 20.3 Å². The van der Waals surface area contributed by atoms with Crippen LogP contribution in [0.15, 0.2) is 24.9 Å². The lowest BCUT2D eigenvalue weighted by Crippen LogP contribution is -2.26. The van der Waals surface area contributed by atoms with E-state index in [9.17, 15) is 4.79 Å². The summed E-state index contributed by atoms with van der Waals surface area (Å²) in [6, 6.07) is 0. The summed E-state index contributed by atoms with van der Waals surface area (Å²) >= 11 is 0. The van der Waals surface area contributed by atoms with Crippen molar-refractivity contribution in [3.8, 4) is 11.3 Å². The van der Waals surface area contributed by atoms with Crippen molar-refractivity contribution in [1.29, 1.82) is 0 Å². The zero-order chi connectivity index (χ0) is 13.9. The van der Waals surface area contributed by atoms with Gasteiger partial charge in [0.05, 0.1) is 18.4 Å². The van der Waals surface area contributed by atoms with E-state index in [0.717, 1.165) is 30.6 Å². The van der Waals surface area contributed by atoms with Gasteiger partial charge in [-0.1, -0.05) is 0 Å². The topological polar surface area (TPSA) is 77.0 Å². The van der Waals surface area contributed by atoms with Crippen molar-refractivity contribution in [3.63, 3.8) is 0 Å². The molecule has 21 heavy (non-hydrogen) atoms. The number of fused-ring (bicyclic) bond motifs is 1. The molecule has 0 saturated carbocycles. The maximum absolute atomic E-state index is 12.2. The van der Waals surface area contributed by atoms with Gasteiger partial charge in [-0.25, -0.2) is 14.8 Å². The number of halogens is 1. The summed E-state index contributed by atoms with van der Waals surface area (Å²) in [7, 11) is 1.38. The second kappa shape index (κ2) is 6.60. The van der Waals surface area contributed by atoms with Crippen LogP contribution < -0.4 is 5.32 Å². The molecule has 1 aliphatic rings. The molecule has 2 aromatic heterocycles. The van der Waals surface area contributed by atoms with E-state index >= 15 is 0 Å². The zero-order valence-corrected chi connectivity index (χ0v) is 12.3. The van der Waals surface area contributed by atoms with Crippen molar-refractivity contribution in [2.24, 2.45) is 0 Å². The molecule has 110 valence electrons. The Balaban J connectivity index is 0.00000161. The van der Waals surface area contributed by atoms with Gasteiger partial charge in [0.15, 0.2) is 0 Å². The van der Waals surface area contributed by atoms with Crippen LogP contribution in [-0.4, -0.2) is 34.6 Å². The number of nitrogens with zero attached hydrogens (tertiary/aromatic N) is 3. The number of ether oxygens (including phenoxy) is 1. The molecule has 6 nitrogen and oxygen atoms in total. The van der Waals surface area contributed by atoms with Gasteiger partial charge in [0, 0.05) is 30.7 Å². The molecule has 2 aromatic rings. The van der Waals surface area contributed by atoms with Crippen molar-refractivity contribution in [1.82, 2.24) is 20.3 Å². The fourth-order valence-electron chi connectivity index (χ4n) is 2.42. The lowest BCUT2D eigenvalue weighted by atomic mass is 9.94. The molecular formula is C14H15ClN4O2. The third kappa shape index (κ3) is 2.86. The van der Waals surface area contributed by atoms with Crippen LogP contribution in [0.4, 0.5) is 0 Å². The average Bonchev–Trinajstić information content (AvgIpc) is 2.54. The maximum atomic E-state index is 12.2. The smallest absolute Gasteiger partial charge is 0.340 e. The number of pyridine rings is 1. The largest absolute Gasteiger partial charge is 0.465 e. The van der Waals surface area contributed by atoms with Crippen molar-refractivity contribution >= 4 is 18.4 Å². The van der Waals surface area contributed by atoms with E-state index in [4.69, 9.17) is 4.74 Å². The molecule has 3 rings (SSSR count). The monoisotopic (exact) mass is 306 g/mol. The summed E-state index contributed by atoms with van der Waals surface area (Å²) in [5.41, 5.74) is 3.87. The SMILES string of the molecule is COC(=O)c1c(-c2cncnc2)ncc2c1CCNC2.Cl. The fourth-order valence-corrected chi connectivity index (χ4v) is 2.42. The van der Waals surface area contributed by atoms with E-state index in [1.807, 2.05) is 0 Å². The van der Waals surface area contributed by atoms with E-state index < -0.39 is 0 Å². The Labute approximate surface area is 128 Å². The van der Waals surface area contributed by atoms with Crippen molar-refractivity contribution in [3.05, 3.63) is 41.6 Å². The Morgan fingerprint density at radius 3 is 2.76 bits per heavy atom. The predicted octanol–water partition coefficient (Wildman–Crippen LogP) is 1.39. The molecular weight excluding hydrogens is 292 g/mol. The minimum atomic E-state index is -0.366. The van der Waals surface area contributed by atoms with Gasteiger partial charge in [-0.2, -0.15) is 0 Å². The molecule has 0 unspecified atom stereocenters. The van der Waals surface area contributed by atoms with E-state index in [1.165, 1.54) is 13.4 Å². The first-order chi connectivity index (χ1) is 9.81. The third-order valence-electron chi connectivity index (χ3n) is 3.37. The minimum Gasteiger partial charge on any atom is -0.465 e. The standard InChI is InChI=1S/C14H14N4O2.ClH/c1-20-14(19)12-11-2-3-15-4-9(11)7-18-13(12)10-5-16-8-17-6-10;/h5-8,15H,2-4H2,1H3;1H. The molecule has 3 heterocycles. The van der Waals surface area contributed by atoms with Crippen LogP contribution in [0, 0.1) is 0 Å². The molecule has 0 amide bonds. The minimum absolute atomic E-state index is 0. The fraction of sp³-hybridized carbons (Fsp3) is 0.286. The van der Waals surface area contributed by atoms with Gasteiger partial charge in [0.2, 0.25) is 0 Å². The lowest BCUT2D eigenvalue weighted by molar-refractivity contribution is 0.0599. The van der Waals surface area contributed by atoms with Crippen LogP contribution in [0.3, 0.4) is 0 Å². The molecule has 0 aliphatic carbocycles. The summed E-state index contributed by atoms with van der Waals surface area (Å²) in [5, 5.41) is 3.27. The second-order valence-electron chi connectivity index (χ2n) is 4.53. The van der Waals surface area contributed by atoms with E-state index in [1.54, 1.807) is 18.6 Å². The molecule has 7 heteroatoms. The summed E-state index contributed by atoms with van der Waals surface area (Å²) < 4.78 is 4.92. The van der Waals surface area contributed by atoms with Gasteiger partial charge < -0.3 is 10.1 Å². The van der Waals surface area contributed by atoms with Crippen LogP contribution in [0.25, 0.3) is 11.3 Å². The van der Waals surface area contributed by atoms with Crippen molar-refractivity contribution < 1.29 is 9.53 Å². The number of methoxy groups -OCH3 is 1.